The summed E-state index contributed by atoms with van der Waals surface area (Å²) in [6, 6.07) is 10.0. The average Bonchev–Trinajstić information content (AvgIpc) is 2.62. The number of hydrogen-bond donors (Lipinski definition) is 1. The van der Waals surface area contributed by atoms with Crippen molar-refractivity contribution in [3.63, 3.8) is 0 Å². The highest BCUT2D eigenvalue weighted by Gasteiger charge is 1.98. The fourth-order valence-electron chi connectivity index (χ4n) is 1.47. The Balaban J connectivity index is 0.000000339. The maximum absolute atomic E-state index is 10.3. The largest absolute Gasteiger partial charge is 0.344 e. The van der Waals surface area contributed by atoms with Crippen molar-refractivity contribution in [2.45, 2.75) is 0 Å². The van der Waals surface area contributed by atoms with Crippen molar-refractivity contribution in [2.24, 2.45) is 0 Å². The van der Waals surface area contributed by atoms with Gasteiger partial charge < -0.3 is 6.15 Å². The molecule has 2 aliphatic rings. The van der Waals surface area contributed by atoms with E-state index in [1.54, 1.807) is 0 Å². The lowest BCUT2D eigenvalue weighted by atomic mass is 10.2. The highest BCUT2D eigenvalue weighted by molar-refractivity contribution is 6.14. The summed E-state index contributed by atoms with van der Waals surface area (Å²) >= 11 is 0. The molecule has 2 aliphatic carbocycles. The molecule has 0 spiro atoms. The fourth-order valence-corrected chi connectivity index (χ4v) is 1.47. The zero-order valence-corrected chi connectivity index (χ0v) is 13.6. The monoisotopic (exact) mass is 337 g/mol. The van der Waals surface area contributed by atoms with Crippen LogP contribution < -0.4 is 6.15 Å². The normalized spacial score (nSPS) is 13.9. The van der Waals surface area contributed by atoms with Crippen LogP contribution in [0.5, 0.6) is 0 Å². The first-order valence-corrected chi connectivity index (χ1v) is 7.07. The van der Waals surface area contributed by atoms with Gasteiger partial charge >= 0.3 is 0 Å². The Morgan fingerprint density at radius 1 is 0.560 bits per heavy atom. The van der Waals surface area contributed by atoms with Crippen LogP contribution in [0.2, 0.25) is 0 Å². The van der Waals surface area contributed by atoms with E-state index in [1.807, 2.05) is 36.4 Å². The molecular formula is C20H19NO4. The third kappa shape index (κ3) is 10.0. The van der Waals surface area contributed by atoms with Gasteiger partial charge in [0.25, 0.3) is 0 Å². The fraction of sp³-hybridized carbons (Fsp3) is 0. The first kappa shape index (κ1) is 21.6. The summed E-state index contributed by atoms with van der Waals surface area (Å²) in [6.45, 7) is 3.63. The molecule has 0 fully saturated rings. The predicted molar refractivity (Wildman–Crippen MR) is 98.1 cm³/mol. The maximum Gasteiger partial charge on any atom is 0.178 e. The van der Waals surface area contributed by atoms with Crippen LogP contribution in [-0.2, 0) is 19.2 Å². The minimum absolute atomic E-state index is 0. The molecule has 0 saturated heterocycles. The molecule has 128 valence electrons. The van der Waals surface area contributed by atoms with Gasteiger partial charge in [0.05, 0.1) is 0 Å². The maximum atomic E-state index is 10.3. The van der Waals surface area contributed by atoms with Crippen LogP contribution in [0, 0.1) is 0 Å². The molecule has 0 amide bonds. The van der Waals surface area contributed by atoms with Crippen molar-refractivity contribution in [3.05, 3.63) is 91.1 Å². The average molecular weight is 337 g/mol. The minimum atomic E-state index is -0.121. The van der Waals surface area contributed by atoms with Gasteiger partial charge in [-0.15, -0.1) is 0 Å². The van der Waals surface area contributed by atoms with Crippen LogP contribution in [0.4, 0.5) is 0 Å². The van der Waals surface area contributed by atoms with E-state index in [1.165, 1.54) is 54.2 Å². The number of carbonyl (C=O) groups excluding carboxylic acids is 4. The summed E-state index contributed by atoms with van der Waals surface area (Å²) in [5, 5.41) is 0. The third-order valence-corrected chi connectivity index (χ3v) is 2.68. The summed E-state index contributed by atoms with van der Waals surface area (Å²) < 4.78 is 0. The van der Waals surface area contributed by atoms with E-state index in [-0.39, 0.29) is 29.3 Å². The second-order valence-electron chi connectivity index (χ2n) is 4.56. The highest BCUT2D eigenvalue weighted by Crippen LogP contribution is 1.97. The standard InChI is InChI=1S/C8H8.2C6H4O2.H3N/c1-2-8-6-4-3-5-7-8;2*7-5-1-2-6(8)4-3-5;/h2-7H,1H2;2*1-4H;1H3. The Kier molecular flexibility index (Phi) is 10.4. The number of benzene rings is 1. The lowest BCUT2D eigenvalue weighted by Gasteiger charge is -1.87. The predicted octanol–water partition coefficient (Wildman–Crippen LogP) is 2.99. The molecule has 1 aromatic carbocycles. The van der Waals surface area contributed by atoms with Crippen molar-refractivity contribution >= 4 is 29.2 Å². The molecule has 0 saturated carbocycles. The van der Waals surface area contributed by atoms with Gasteiger partial charge in [0.2, 0.25) is 0 Å². The summed E-state index contributed by atoms with van der Waals surface area (Å²) in [4.78, 5) is 41.1. The number of carbonyl (C=O) groups is 4. The molecule has 0 atom stereocenters. The minimum Gasteiger partial charge on any atom is -0.344 e. The van der Waals surface area contributed by atoms with E-state index in [2.05, 4.69) is 6.58 Å². The van der Waals surface area contributed by atoms with Crippen molar-refractivity contribution in [1.82, 2.24) is 6.15 Å². The summed E-state index contributed by atoms with van der Waals surface area (Å²) in [5.41, 5.74) is 1.17. The highest BCUT2D eigenvalue weighted by atomic mass is 16.1. The van der Waals surface area contributed by atoms with E-state index in [9.17, 15) is 19.2 Å². The van der Waals surface area contributed by atoms with Gasteiger partial charge in [0, 0.05) is 0 Å². The molecule has 0 unspecified atom stereocenters. The van der Waals surface area contributed by atoms with E-state index in [0.29, 0.717) is 0 Å². The van der Waals surface area contributed by atoms with Crippen molar-refractivity contribution < 1.29 is 19.2 Å². The van der Waals surface area contributed by atoms with E-state index in [4.69, 9.17) is 0 Å². The lowest BCUT2D eigenvalue weighted by Crippen LogP contribution is -1.97. The van der Waals surface area contributed by atoms with Crippen LogP contribution in [0.15, 0.2) is 85.5 Å². The zero-order chi connectivity index (χ0) is 17.8. The Hall–Kier alpha value is -3.44. The molecule has 1 aromatic rings. The molecule has 5 heteroatoms. The van der Waals surface area contributed by atoms with E-state index < -0.39 is 0 Å². The molecule has 0 heterocycles. The first-order chi connectivity index (χ1) is 11.5. The van der Waals surface area contributed by atoms with Crippen LogP contribution in [0.25, 0.3) is 6.08 Å². The Morgan fingerprint density at radius 2 is 0.840 bits per heavy atom. The second-order valence-corrected chi connectivity index (χ2v) is 4.56. The molecular weight excluding hydrogens is 318 g/mol. The van der Waals surface area contributed by atoms with E-state index >= 15 is 0 Å². The zero-order valence-electron chi connectivity index (χ0n) is 13.6. The summed E-state index contributed by atoms with van der Waals surface area (Å²) in [6.07, 6.45) is 11.9. The summed E-state index contributed by atoms with van der Waals surface area (Å²) in [5.74, 6) is -0.483. The Labute approximate surface area is 146 Å². The second kappa shape index (κ2) is 12.0. The Bertz CT molecular complexity index is 633. The molecule has 3 rings (SSSR count). The van der Waals surface area contributed by atoms with Crippen molar-refractivity contribution in [2.75, 3.05) is 0 Å². The van der Waals surface area contributed by atoms with Gasteiger partial charge in [-0.3, -0.25) is 19.2 Å². The third-order valence-electron chi connectivity index (χ3n) is 2.68. The van der Waals surface area contributed by atoms with Gasteiger partial charge in [0.1, 0.15) is 0 Å². The van der Waals surface area contributed by atoms with Crippen molar-refractivity contribution in [1.29, 1.82) is 0 Å². The van der Waals surface area contributed by atoms with Crippen LogP contribution in [0.3, 0.4) is 0 Å². The molecule has 5 nitrogen and oxygen atoms in total. The molecule has 25 heavy (non-hydrogen) atoms. The van der Waals surface area contributed by atoms with Crippen LogP contribution in [-0.4, -0.2) is 23.1 Å². The van der Waals surface area contributed by atoms with Gasteiger partial charge in [-0.2, -0.15) is 0 Å². The van der Waals surface area contributed by atoms with E-state index in [0.717, 1.165) is 0 Å². The number of hydrogen-bond acceptors (Lipinski definition) is 5. The topological polar surface area (TPSA) is 103 Å². The number of ketones is 4. The first-order valence-electron chi connectivity index (χ1n) is 7.07. The quantitative estimate of drug-likeness (QED) is 0.793. The summed E-state index contributed by atoms with van der Waals surface area (Å²) in [7, 11) is 0. The number of rotatable bonds is 1. The van der Waals surface area contributed by atoms with Crippen molar-refractivity contribution in [3.8, 4) is 0 Å². The van der Waals surface area contributed by atoms with Gasteiger partial charge in [-0.25, -0.2) is 0 Å². The van der Waals surface area contributed by atoms with Gasteiger partial charge in [-0.05, 0) is 54.2 Å². The van der Waals surface area contributed by atoms with Gasteiger partial charge in [0.15, 0.2) is 23.1 Å². The van der Waals surface area contributed by atoms with Gasteiger partial charge in [-0.1, -0.05) is 43.0 Å². The Morgan fingerprint density at radius 3 is 1.04 bits per heavy atom. The molecule has 0 aromatic heterocycles. The SMILES string of the molecule is C=Cc1ccccc1.N.O=C1C=CC(=O)C=C1.O=C1C=CC(=O)C=C1. The lowest BCUT2D eigenvalue weighted by molar-refractivity contribution is -0.113. The molecule has 0 radical (unpaired) electrons. The van der Waals surface area contributed by atoms with Crippen LogP contribution in [0.1, 0.15) is 5.56 Å². The molecule has 0 aliphatic heterocycles. The number of allylic oxidation sites excluding steroid dienone is 8. The van der Waals surface area contributed by atoms with Crippen LogP contribution >= 0.6 is 0 Å². The smallest absolute Gasteiger partial charge is 0.178 e. The molecule has 3 N–H and O–H groups in total. The molecule has 0 bridgehead atoms.